The molecule has 9 heteroatoms. The minimum atomic E-state index is -4.47. The van der Waals surface area contributed by atoms with Gasteiger partial charge in [-0.15, -0.1) is 0 Å². The van der Waals surface area contributed by atoms with Crippen LogP contribution in [-0.2, 0) is 24.5 Å². The summed E-state index contributed by atoms with van der Waals surface area (Å²) in [6.45, 7) is 1.79. The summed E-state index contributed by atoms with van der Waals surface area (Å²) in [6.07, 6.45) is -4.47. The number of nitrogens with zero attached hydrogens (tertiary/aromatic N) is 3. The number of benzene rings is 2. The molecule has 0 radical (unpaired) electrons. The summed E-state index contributed by atoms with van der Waals surface area (Å²) in [4.78, 5) is 13.8. The van der Waals surface area contributed by atoms with E-state index >= 15 is 0 Å². The third-order valence-corrected chi connectivity index (χ3v) is 5.72. The number of carbonyl (C=O) groups is 1. The first kappa shape index (κ1) is 20.7. The number of methoxy groups -OCH3 is 1. The molecule has 3 aromatic rings. The molecule has 0 bridgehead atoms. The van der Waals surface area contributed by atoms with E-state index < -0.39 is 17.7 Å². The summed E-state index contributed by atoms with van der Waals surface area (Å²) in [5.74, 6) is -0.234. The molecule has 1 aromatic heterocycles. The highest BCUT2D eigenvalue weighted by Gasteiger charge is 2.35. The minimum Gasteiger partial charge on any atom is -0.465 e. The first-order valence-corrected chi connectivity index (χ1v) is 9.68. The number of rotatable bonds is 4. The van der Waals surface area contributed by atoms with E-state index in [1.165, 1.54) is 13.2 Å². The second-order valence-corrected chi connectivity index (χ2v) is 7.84. The number of alkyl halides is 3. The summed E-state index contributed by atoms with van der Waals surface area (Å²) < 4.78 is 45.7. The maximum absolute atomic E-state index is 13.1. The molecule has 30 heavy (non-hydrogen) atoms. The standard InChI is InChI=1S/C21H19ClF3N3O2/c1-27-18-8-13(20(29)30-2)4-5-15(18)19(26-27)14-10-28(11-14)9-12-3-6-17(22)16(7-12)21(23,24)25/h3-8,14H,9-11H2,1-2H3. The number of ether oxygens (including phenoxy) is 1. The Kier molecular flexibility index (Phi) is 5.23. The summed E-state index contributed by atoms with van der Waals surface area (Å²) in [6, 6.07) is 9.35. The third kappa shape index (κ3) is 3.77. The van der Waals surface area contributed by atoms with Crippen LogP contribution in [-0.4, -0.2) is 40.8 Å². The molecule has 0 unspecified atom stereocenters. The Hall–Kier alpha value is -2.58. The van der Waals surface area contributed by atoms with Crippen LogP contribution in [0.3, 0.4) is 0 Å². The van der Waals surface area contributed by atoms with E-state index in [0.29, 0.717) is 30.8 Å². The fraction of sp³-hybridized carbons (Fsp3) is 0.333. The van der Waals surface area contributed by atoms with Crippen molar-refractivity contribution in [3.63, 3.8) is 0 Å². The van der Waals surface area contributed by atoms with E-state index in [1.54, 1.807) is 22.9 Å². The van der Waals surface area contributed by atoms with Crippen molar-refractivity contribution in [1.82, 2.24) is 14.7 Å². The van der Waals surface area contributed by atoms with Gasteiger partial charge in [0.15, 0.2) is 0 Å². The van der Waals surface area contributed by atoms with E-state index in [9.17, 15) is 18.0 Å². The smallest absolute Gasteiger partial charge is 0.417 e. The predicted molar refractivity (Wildman–Crippen MR) is 107 cm³/mol. The Morgan fingerprint density at radius 3 is 2.63 bits per heavy atom. The third-order valence-electron chi connectivity index (χ3n) is 5.39. The average Bonchev–Trinajstić information content (AvgIpc) is 2.99. The fourth-order valence-electron chi connectivity index (χ4n) is 3.85. The second kappa shape index (κ2) is 7.59. The van der Waals surface area contributed by atoms with Crippen molar-refractivity contribution in [1.29, 1.82) is 0 Å². The van der Waals surface area contributed by atoms with E-state index in [2.05, 4.69) is 10.00 Å². The molecule has 1 fully saturated rings. The molecule has 1 saturated heterocycles. The van der Waals surface area contributed by atoms with Gasteiger partial charge in [-0.25, -0.2) is 4.79 Å². The van der Waals surface area contributed by atoms with Crippen LogP contribution in [0.15, 0.2) is 36.4 Å². The van der Waals surface area contributed by atoms with Gasteiger partial charge in [0.05, 0.1) is 34.5 Å². The summed E-state index contributed by atoms with van der Waals surface area (Å²) in [5.41, 5.74) is 1.97. The van der Waals surface area contributed by atoms with Crippen LogP contribution in [0.1, 0.15) is 33.1 Å². The zero-order chi connectivity index (χ0) is 21.6. The molecule has 0 spiro atoms. The number of aromatic nitrogens is 2. The van der Waals surface area contributed by atoms with Crippen molar-refractivity contribution < 1.29 is 22.7 Å². The van der Waals surface area contributed by atoms with Crippen molar-refractivity contribution in [2.45, 2.75) is 18.6 Å². The Balaban J connectivity index is 1.48. The topological polar surface area (TPSA) is 47.4 Å². The van der Waals surface area contributed by atoms with E-state index in [4.69, 9.17) is 16.3 Å². The van der Waals surface area contributed by atoms with Crippen molar-refractivity contribution in [2.75, 3.05) is 20.2 Å². The van der Waals surface area contributed by atoms with Crippen molar-refractivity contribution >= 4 is 28.5 Å². The SMILES string of the molecule is COC(=O)c1ccc2c(C3CN(Cc4ccc(Cl)c(C(F)(F)F)c4)C3)nn(C)c2c1. The molecule has 2 heterocycles. The van der Waals surface area contributed by atoms with Crippen LogP contribution in [0.2, 0.25) is 5.02 Å². The van der Waals surface area contributed by atoms with E-state index in [1.807, 2.05) is 13.1 Å². The number of hydrogen-bond acceptors (Lipinski definition) is 4. The first-order chi connectivity index (χ1) is 14.2. The quantitative estimate of drug-likeness (QED) is 0.558. The van der Waals surface area contributed by atoms with Crippen molar-refractivity contribution in [3.05, 3.63) is 63.8 Å². The summed E-state index contributed by atoms with van der Waals surface area (Å²) >= 11 is 5.69. The molecule has 0 N–H and O–H groups in total. The first-order valence-electron chi connectivity index (χ1n) is 9.30. The van der Waals surface area contributed by atoms with Crippen molar-refractivity contribution in [3.8, 4) is 0 Å². The van der Waals surface area contributed by atoms with Crippen LogP contribution in [0, 0.1) is 0 Å². The lowest BCUT2D eigenvalue weighted by Crippen LogP contribution is -2.44. The monoisotopic (exact) mass is 437 g/mol. The molecule has 158 valence electrons. The Morgan fingerprint density at radius 1 is 1.23 bits per heavy atom. The van der Waals surface area contributed by atoms with Gasteiger partial charge in [-0.2, -0.15) is 18.3 Å². The predicted octanol–water partition coefficient (Wildman–Crippen LogP) is 4.63. The normalized spacial score (nSPS) is 15.4. The van der Waals surface area contributed by atoms with Crippen LogP contribution in [0.5, 0.6) is 0 Å². The number of hydrogen-bond donors (Lipinski definition) is 0. The van der Waals surface area contributed by atoms with Gasteiger partial charge in [0.2, 0.25) is 0 Å². The molecule has 1 aliphatic heterocycles. The summed E-state index contributed by atoms with van der Waals surface area (Å²) in [5, 5.41) is 5.28. The van der Waals surface area contributed by atoms with Crippen LogP contribution in [0.25, 0.3) is 10.9 Å². The zero-order valence-electron chi connectivity index (χ0n) is 16.3. The molecule has 0 amide bonds. The number of fused-ring (bicyclic) bond motifs is 1. The van der Waals surface area contributed by atoms with E-state index in [0.717, 1.165) is 22.7 Å². The van der Waals surface area contributed by atoms with Gasteiger partial charge in [0.25, 0.3) is 0 Å². The number of carbonyl (C=O) groups excluding carboxylic acids is 1. The lowest BCUT2D eigenvalue weighted by Gasteiger charge is -2.38. The van der Waals surface area contributed by atoms with Gasteiger partial charge in [-0.1, -0.05) is 23.7 Å². The largest absolute Gasteiger partial charge is 0.465 e. The van der Waals surface area contributed by atoms with Gasteiger partial charge in [-0.05, 0) is 29.8 Å². The average molecular weight is 438 g/mol. The van der Waals surface area contributed by atoms with Crippen molar-refractivity contribution in [2.24, 2.45) is 7.05 Å². The zero-order valence-corrected chi connectivity index (χ0v) is 17.1. The van der Waals surface area contributed by atoms with Crippen LogP contribution >= 0.6 is 11.6 Å². The molecular formula is C21H19ClF3N3O2. The Bertz CT molecular complexity index is 1120. The van der Waals surface area contributed by atoms with Gasteiger partial charge >= 0.3 is 12.1 Å². The maximum Gasteiger partial charge on any atom is 0.417 e. The number of halogens is 4. The highest BCUT2D eigenvalue weighted by atomic mass is 35.5. The van der Waals surface area contributed by atoms with Gasteiger partial charge in [-0.3, -0.25) is 9.58 Å². The Labute approximate surface area is 176 Å². The molecule has 5 nitrogen and oxygen atoms in total. The highest BCUT2D eigenvalue weighted by Crippen LogP contribution is 2.37. The molecular weight excluding hydrogens is 419 g/mol. The van der Waals surface area contributed by atoms with Gasteiger partial charge in [0, 0.05) is 38.0 Å². The molecule has 0 aliphatic carbocycles. The number of esters is 1. The van der Waals surface area contributed by atoms with Crippen LogP contribution < -0.4 is 0 Å². The highest BCUT2D eigenvalue weighted by molar-refractivity contribution is 6.31. The molecule has 0 saturated carbocycles. The number of likely N-dealkylation sites (tertiary alicyclic amines) is 1. The summed E-state index contributed by atoms with van der Waals surface area (Å²) in [7, 11) is 3.15. The van der Waals surface area contributed by atoms with E-state index in [-0.39, 0.29) is 10.9 Å². The Morgan fingerprint density at radius 2 is 1.97 bits per heavy atom. The van der Waals surface area contributed by atoms with Gasteiger partial charge in [0.1, 0.15) is 0 Å². The van der Waals surface area contributed by atoms with Crippen LogP contribution in [0.4, 0.5) is 13.2 Å². The fourth-order valence-corrected chi connectivity index (χ4v) is 4.07. The lowest BCUT2D eigenvalue weighted by atomic mass is 9.93. The molecule has 2 aromatic carbocycles. The second-order valence-electron chi connectivity index (χ2n) is 7.44. The molecule has 0 atom stereocenters. The lowest BCUT2D eigenvalue weighted by molar-refractivity contribution is -0.137. The maximum atomic E-state index is 13.1. The molecule has 1 aliphatic rings. The molecule has 4 rings (SSSR count). The van der Waals surface area contributed by atoms with Gasteiger partial charge < -0.3 is 4.74 Å². The minimum absolute atomic E-state index is 0.173. The number of aryl methyl sites for hydroxylation is 1.